The van der Waals surface area contributed by atoms with Crippen molar-refractivity contribution in [1.29, 1.82) is 0 Å². The van der Waals surface area contributed by atoms with Gasteiger partial charge in [0.05, 0.1) is 50.1 Å². The van der Waals surface area contributed by atoms with E-state index < -0.39 is 24.3 Å². The van der Waals surface area contributed by atoms with Gasteiger partial charge in [-0.05, 0) is 72.4 Å². The Bertz CT molecular complexity index is 2730. The molecule has 1 unspecified atom stereocenters. The van der Waals surface area contributed by atoms with E-state index in [1.54, 1.807) is 22.2 Å². The van der Waals surface area contributed by atoms with Crippen molar-refractivity contribution >= 4 is 24.0 Å². The second-order valence-corrected chi connectivity index (χ2v) is 19.4. The third-order valence-corrected chi connectivity index (χ3v) is 12.5. The number of benzene rings is 3. The molecule has 374 valence electrons. The molecule has 16 nitrogen and oxygen atoms in total. The van der Waals surface area contributed by atoms with E-state index in [9.17, 15) is 19.2 Å². The number of aromatic amines is 2. The van der Waals surface area contributed by atoms with E-state index in [1.807, 2.05) is 96.2 Å². The van der Waals surface area contributed by atoms with Crippen LogP contribution < -0.4 is 20.1 Å². The Hall–Kier alpha value is -7.36. The minimum atomic E-state index is -0.940. The van der Waals surface area contributed by atoms with Crippen molar-refractivity contribution in [2.45, 2.75) is 106 Å². The quantitative estimate of drug-likeness (QED) is 0.0584. The van der Waals surface area contributed by atoms with Crippen molar-refractivity contribution in [3.63, 3.8) is 0 Å². The first-order valence-electron chi connectivity index (χ1n) is 24.8. The number of alkyl carbamates (subject to hydrolysis) is 2. The lowest BCUT2D eigenvalue weighted by atomic mass is 9.87. The second-order valence-electron chi connectivity index (χ2n) is 19.4. The minimum Gasteiger partial charge on any atom is -0.488 e. The number of carbonyl (C=O) groups excluding carboxylic acids is 4. The van der Waals surface area contributed by atoms with Crippen molar-refractivity contribution in [3.05, 3.63) is 119 Å². The SMILES string of the molecule is CCCN(Cc1ncc(-c2cc3c4c(c2)OCc2cc(-c5cnc(CN(CCC)C(=O)[C@H](NC(=O)OCC(C)C)c6ccccc6)[nH]5)cc(c2-4)OC3)[nH]1)C(=O)[C@H](NC(=O)OCC(C)C)C1=CCC(C)C=C1. The molecule has 8 rings (SSSR count). The second kappa shape index (κ2) is 22.6. The Morgan fingerprint density at radius 3 is 1.68 bits per heavy atom. The average Bonchev–Trinajstić information content (AvgIpc) is 4.05. The lowest BCUT2D eigenvalue weighted by Gasteiger charge is -2.30. The monoisotopic (exact) mass is 967 g/mol. The fourth-order valence-electron chi connectivity index (χ4n) is 8.95. The van der Waals surface area contributed by atoms with Gasteiger partial charge in [-0.3, -0.25) is 9.59 Å². The van der Waals surface area contributed by atoms with Crippen LogP contribution in [0, 0.1) is 17.8 Å². The molecule has 0 radical (unpaired) electrons. The highest BCUT2D eigenvalue weighted by Crippen LogP contribution is 2.50. The van der Waals surface area contributed by atoms with Crippen molar-refractivity contribution in [2.24, 2.45) is 17.8 Å². The van der Waals surface area contributed by atoms with Crippen LogP contribution >= 0.6 is 0 Å². The molecule has 4 N–H and O–H groups in total. The lowest BCUT2D eigenvalue weighted by Crippen LogP contribution is -2.50. The summed E-state index contributed by atoms with van der Waals surface area (Å²) in [5, 5.41) is 5.65. The molecular formula is C55H66N8O8. The molecule has 2 aliphatic heterocycles. The van der Waals surface area contributed by atoms with E-state index in [2.05, 4.69) is 45.7 Å². The first-order valence-corrected chi connectivity index (χ1v) is 24.8. The predicted octanol–water partition coefficient (Wildman–Crippen LogP) is 9.79. The summed E-state index contributed by atoms with van der Waals surface area (Å²) >= 11 is 0. The van der Waals surface area contributed by atoms with Gasteiger partial charge < -0.3 is 49.3 Å². The van der Waals surface area contributed by atoms with Crippen LogP contribution in [0.3, 0.4) is 0 Å². The van der Waals surface area contributed by atoms with Gasteiger partial charge in [0.1, 0.15) is 48.4 Å². The number of H-pyrrole nitrogens is 2. The molecule has 0 bridgehead atoms. The lowest BCUT2D eigenvalue weighted by molar-refractivity contribution is -0.134. The van der Waals surface area contributed by atoms with E-state index in [0.717, 1.165) is 68.3 Å². The summed E-state index contributed by atoms with van der Waals surface area (Å²) in [6, 6.07) is 15.5. The average molecular weight is 967 g/mol. The Kier molecular flexibility index (Phi) is 15.9. The van der Waals surface area contributed by atoms with Crippen LogP contribution in [0.25, 0.3) is 33.6 Å². The number of carbonyl (C=O) groups is 4. The number of imidazole rings is 2. The van der Waals surface area contributed by atoms with Crippen LogP contribution in [0.5, 0.6) is 11.5 Å². The Morgan fingerprint density at radius 1 is 0.718 bits per heavy atom. The van der Waals surface area contributed by atoms with Crippen molar-refractivity contribution in [2.75, 3.05) is 26.3 Å². The fourth-order valence-corrected chi connectivity index (χ4v) is 8.95. The number of nitrogens with one attached hydrogen (secondary N) is 4. The maximum atomic E-state index is 14.3. The van der Waals surface area contributed by atoms with Gasteiger partial charge in [0.15, 0.2) is 0 Å². The number of aromatic nitrogens is 4. The summed E-state index contributed by atoms with van der Waals surface area (Å²) < 4.78 is 23.8. The standard InChI is InChI=1S/C55H66N8O8/c1-8-19-62(52(64)50(36-13-11-10-12-14-36)60-54(66)70-29-33(3)4)27-46-56-25-42(58-46)38-21-40-31-69-45-24-39(22-41-32-68-44(23-38)48(40)49(41)45)43-26-57-47(59-43)28-63(20-9-2)53(65)51(37-17-15-35(7)16-18-37)61-55(67)71-30-34(5)6/h10-15,17-18,21-26,33-35,50-51H,8-9,16,19-20,27-32H2,1-7H3,(H,56,58)(H,57,59)(H,60,66)(H,61,67)/t35?,50-,51-/m1/s1. The zero-order chi connectivity index (χ0) is 50.2. The highest BCUT2D eigenvalue weighted by molar-refractivity contribution is 5.90. The van der Waals surface area contributed by atoms with Gasteiger partial charge in [-0.1, -0.05) is 97.0 Å². The number of hydrogen-bond donors (Lipinski definition) is 4. The Morgan fingerprint density at radius 2 is 1.21 bits per heavy atom. The topological polar surface area (TPSA) is 193 Å². The molecule has 16 heteroatoms. The summed E-state index contributed by atoms with van der Waals surface area (Å²) in [6.07, 6.45) is 10.4. The first kappa shape index (κ1) is 50.0. The molecule has 4 amide bonds. The molecule has 3 atom stereocenters. The van der Waals surface area contributed by atoms with E-state index in [-0.39, 0.29) is 50.0 Å². The molecule has 4 heterocycles. The van der Waals surface area contributed by atoms with Crippen LogP contribution in [0.4, 0.5) is 9.59 Å². The molecule has 3 aliphatic rings. The smallest absolute Gasteiger partial charge is 0.408 e. The largest absolute Gasteiger partial charge is 0.488 e. The number of allylic oxidation sites excluding steroid dienone is 2. The normalized spacial score (nSPS) is 15.2. The van der Waals surface area contributed by atoms with Crippen LogP contribution in [0.15, 0.2) is 90.8 Å². The van der Waals surface area contributed by atoms with Crippen molar-refractivity contribution < 1.29 is 38.1 Å². The predicted molar refractivity (Wildman–Crippen MR) is 270 cm³/mol. The minimum absolute atomic E-state index is 0.149. The van der Waals surface area contributed by atoms with Gasteiger partial charge in [0.25, 0.3) is 0 Å². The maximum absolute atomic E-state index is 14.3. The molecule has 5 aromatic rings. The number of amides is 4. The summed E-state index contributed by atoms with van der Waals surface area (Å²) in [5.41, 5.74) is 8.58. The molecule has 0 spiro atoms. The van der Waals surface area contributed by atoms with Gasteiger partial charge >= 0.3 is 12.2 Å². The highest BCUT2D eigenvalue weighted by Gasteiger charge is 2.33. The van der Waals surface area contributed by atoms with Gasteiger partial charge in [0, 0.05) is 46.5 Å². The third-order valence-electron chi connectivity index (χ3n) is 12.5. The third kappa shape index (κ3) is 12.0. The molecule has 3 aromatic carbocycles. The molecule has 0 fully saturated rings. The number of nitrogens with zero attached hydrogens (tertiary/aromatic N) is 4. The number of hydrogen-bond acceptors (Lipinski definition) is 10. The summed E-state index contributed by atoms with van der Waals surface area (Å²) in [6.45, 7) is 16.4. The van der Waals surface area contributed by atoms with Gasteiger partial charge in [0.2, 0.25) is 11.8 Å². The summed E-state index contributed by atoms with van der Waals surface area (Å²) in [5.74, 6) is 2.82. The molecule has 0 saturated carbocycles. The molecule has 71 heavy (non-hydrogen) atoms. The summed E-state index contributed by atoms with van der Waals surface area (Å²) in [4.78, 5) is 74.0. The van der Waals surface area contributed by atoms with Crippen molar-refractivity contribution in [1.82, 2.24) is 40.4 Å². The number of rotatable bonds is 20. The number of ether oxygens (including phenoxy) is 4. The van der Waals surface area contributed by atoms with Crippen LogP contribution in [-0.4, -0.2) is 86.1 Å². The van der Waals surface area contributed by atoms with Gasteiger partial charge in [-0.25, -0.2) is 19.6 Å². The molecule has 2 aromatic heterocycles. The maximum Gasteiger partial charge on any atom is 0.408 e. The first-order chi connectivity index (χ1) is 34.3. The fraction of sp³-hybridized carbons (Fsp3) is 0.418. The molecule has 1 aliphatic carbocycles. The van der Waals surface area contributed by atoms with Crippen molar-refractivity contribution in [3.8, 4) is 45.1 Å². The Balaban J connectivity index is 0.978. The molecule has 0 saturated heterocycles. The zero-order valence-electron chi connectivity index (χ0n) is 41.8. The highest BCUT2D eigenvalue weighted by atomic mass is 16.6. The van der Waals surface area contributed by atoms with Crippen LogP contribution in [0.1, 0.15) is 102 Å². The van der Waals surface area contributed by atoms with E-state index in [1.165, 1.54) is 0 Å². The van der Waals surface area contributed by atoms with E-state index >= 15 is 0 Å². The van der Waals surface area contributed by atoms with E-state index in [4.69, 9.17) is 28.9 Å². The Labute approximate surface area is 415 Å². The zero-order valence-corrected chi connectivity index (χ0v) is 41.8. The van der Waals surface area contributed by atoms with E-state index in [0.29, 0.717) is 62.3 Å². The molecular weight excluding hydrogens is 901 g/mol. The van der Waals surface area contributed by atoms with Crippen LogP contribution in [0.2, 0.25) is 0 Å². The summed E-state index contributed by atoms with van der Waals surface area (Å²) in [7, 11) is 0. The van der Waals surface area contributed by atoms with Crippen LogP contribution in [-0.2, 0) is 45.4 Å². The van der Waals surface area contributed by atoms with Gasteiger partial charge in [-0.2, -0.15) is 0 Å². The van der Waals surface area contributed by atoms with Gasteiger partial charge in [-0.15, -0.1) is 0 Å².